The monoisotopic (exact) mass is 220 g/mol. The molecule has 0 aliphatic carbocycles. The van der Waals surface area contributed by atoms with Gasteiger partial charge in [-0.3, -0.25) is 4.79 Å². The number of halogens is 3. The predicted octanol–water partition coefficient (Wildman–Crippen LogP) is 2.54. The van der Waals surface area contributed by atoms with Gasteiger partial charge in [-0.1, -0.05) is 0 Å². The third-order valence-electron chi connectivity index (χ3n) is 1.19. The van der Waals surface area contributed by atoms with Gasteiger partial charge in [0, 0.05) is 0 Å². The lowest BCUT2D eigenvalue weighted by Gasteiger charge is -1.97. The van der Waals surface area contributed by atoms with Crippen molar-refractivity contribution >= 4 is 22.2 Å². The smallest absolute Gasteiger partial charge is 0.153 e. The van der Waals surface area contributed by atoms with E-state index in [1.54, 1.807) is 0 Å². The maximum Gasteiger partial charge on any atom is 0.153 e. The van der Waals surface area contributed by atoms with Crippen LogP contribution in [0.3, 0.4) is 0 Å². The minimum absolute atomic E-state index is 0.154. The minimum atomic E-state index is -0.861. The fourth-order valence-corrected chi connectivity index (χ4v) is 0.993. The lowest BCUT2D eigenvalue weighted by Crippen LogP contribution is -1.91. The molecular formula is C7H3BrF2O. The van der Waals surface area contributed by atoms with E-state index in [0.29, 0.717) is 6.29 Å². The molecule has 1 rings (SSSR count). The van der Waals surface area contributed by atoms with E-state index in [1.165, 1.54) is 0 Å². The molecule has 0 saturated heterocycles. The van der Waals surface area contributed by atoms with Crippen LogP contribution in [0, 0.1) is 11.6 Å². The fourth-order valence-electron chi connectivity index (χ4n) is 0.632. The average molecular weight is 221 g/mol. The highest BCUT2D eigenvalue weighted by Gasteiger charge is 2.09. The maximum absolute atomic E-state index is 12.7. The fraction of sp³-hybridized carbons (Fsp3) is 0. The van der Waals surface area contributed by atoms with E-state index in [2.05, 4.69) is 15.9 Å². The van der Waals surface area contributed by atoms with Gasteiger partial charge in [0.1, 0.15) is 5.82 Å². The van der Waals surface area contributed by atoms with Crippen molar-refractivity contribution in [2.24, 2.45) is 0 Å². The number of rotatable bonds is 1. The second kappa shape index (κ2) is 3.09. The second-order valence-electron chi connectivity index (χ2n) is 1.88. The van der Waals surface area contributed by atoms with Crippen molar-refractivity contribution in [3.63, 3.8) is 0 Å². The van der Waals surface area contributed by atoms with Crippen molar-refractivity contribution in [3.8, 4) is 0 Å². The molecule has 0 spiro atoms. The Labute approximate surface area is 70.2 Å². The van der Waals surface area contributed by atoms with Crippen molar-refractivity contribution in [3.05, 3.63) is 33.8 Å². The van der Waals surface area contributed by atoms with Gasteiger partial charge < -0.3 is 0 Å². The first-order valence-corrected chi connectivity index (χ1v) is 3.55. The van der Waals surface area contributed by atoms with Gasteiger partial charge in [0.15, 0.2) is 12.1 Å². The third kappa shape index (κ3) is 1.45. The number of aldehydes is 1. The molecule has 0 N–H and O–H groups in total. The molecule has 1 nitrogen and oxygen atoms in total. The first-order valence-electron chi connectivity index (χ1n) is 2.75. The molecule has 0 unspecified atom stereocenters. The van der Waals surface area contributed by atoms with Gasteiger partial charge in [-0.2, -0.15) is 0 Å². The molecule has 1 aromatic carbocycles. The summed E-state index contributed by atoms with van der Waals surface area (Å²) in [6, 6.07) is 2.11. The summed E-state index contributed by atoms with van der Waals surface area (Å²) in [6.07, 6.45) is 0.333. The minimum Gasteiger partial charge on any atom is -0.298 e. The van der Waals surface area contributed by atoms with E-state index in [4.69, 9.17) is 0 Å². The van der Waals surface area contributed by atoms with Crippen LogP contribution in [-0.4, -0.2) is 6.29 Å². The maximum atomic E-state index is 12.7. The van der Waals surface area contributed by atoms with Crippen molar-refractivity contribution < 1.29 is 13.6 Å². The summed E-state index contributed by atoms with van der Waals surface area (Å²) in [5, 5.41) is 0. The molecule has 0 aromatic heterocycles. The number of carbonyl (C=O) groups excluding carboxylic acids is 1. The van der Waals surface area contributed by atoms with Crippen LogP contribution >= 0.6 is 15.9 Å². The Morgan fingerprint density at radius 1 is 1.36 bits per heavy atom. The van der Waals surface area contributed by atoms with E-state index in [-0.39, 0.29) is 10.0 Å². The van der Waals surface area contributed by atoms with Crippen LogP contribution in [0.5, 0.6) is 0 Å². The Balaban J connectivity index is 3.36. The van der Waals surface area contributed by atoms with Crippen LogP contribution in [0.1, 0.15) is 10.4 Å². The third-order valence-corrected chi connectivity index (χ3v) is 1.92. The van der Waals surface area contributed by atoms with Gasteiger partial charge >= 0.3 is 0 Å². The molecule has 0 bridgehead atoms. The SMILES string of the molecule is O=Cc1ccc(F)c(Br)c1F. The molecule has 0 amide bonds. The molecule has 0 saturated carbocycles. The largest absolute Gasteiger partial charge is 0.298 e. The van der Waals surface area contributed by atoms with Crippen LogP contribution in [0.4, 0.5) is 8.78 Å². The number of hydrogen-bond acceptors (Lipinski definition) is 1. The summed E-state index contributed by atoms with van der Waals surface area (Å²) >= 11 is 2.66. The van der Waals surface area contributed by atoms with Crippen LogP contribution in [-0.2, 0) is 0 Å². The van der Waals surface area contributed by atoms with Crippen molar-refractivity contribution in [2.75, 3.05) is 0 Å². The topological polar surface area (TPSA) is 17.1 Å². The van der Waals surface area contributed by atoms with Crippen molar-refractivity contribution in [1.29, 1.82) is 0 Å². The molecule has 0 radical (unpaired) electrons. The molecule has 0 atom stereocenters. The second-order valence-corrected chi connectivity index (χ2v) is 2.68. The summed E-state index contributed by atoms with van der Waals surface area (Å²) in [4.78, 5) is 10.1. The van der Waals surface area contributed by atoms with Crippen molar-refractivity contribution in [2.45, 2.75) is 0 Å². The van der Waals surface area contributed by atoms with Crippen LogP contribution in [0.2, 0.25) is 0 Å². The predicted molar refractivity (Wildman–Crippen MR) is 39.4 cm³/mol. The highest BCUT2D eigenvalue weighted by Crippen LogP contribution is 2.21. The molecule has 0 aliphatic heterocycles. The normalized spacial score (nSPS) is 9.73. The van der Waals surface area contributed by atoms with Crippen LogP contribution in [0.15, 0.2) is 16.6 Å². The molecule has 0 aliphatic rings. The van der Waals surface area contributed by atoms with E-state index in [9.17, 15) is 13.6 Å². The first kappa shape index (κ1) is 8.33. The van der Waals surface area contributed by atoms with Gasteiger partial charge in [0.05, 0.1) is 10.0 Å². The zero-order valence-electron chi connectivity index (χ0n) is 5.27. The number of hydrogen-bond donors (Lipinski definition) is 0. The lowest BCUT2D eigenvalue weighted by atomic mass is 10.2. The number of carbonyl (C=O) groups is 1. The highest BCUT2D eigenvalue weighted by molar-refractivity contribution is 9.10. The molecule has 4 heteroatoms. The van der Waals surface area contributed by atoms with Crippen molar-refractivity contribution in [1.82, 2.24) is 0 Å². The summed E-state index contributed by atoms with van der Waals surface area (Å²) < 4.78 is 24.9. The molecule has 58 valence electrons. The van der Waals surface area contributed by atoms with E-state index in [0.717, 1.165) is 12.1 Å². The lowest BCUT2D eigenvalue weighted by molar-refractivity contribution is 0.111. The zero-order valence-corrected chi connectivity index (χ0v) is 6.86. The molecule has 11 heavy (non-hydrogen) atoms. The molecule has 0 heterocycles. The Kier molecular flexibility index (Phi) is 2.34. The van der Waals surface area contributed by atoms with Gasteiger partial charge in [-0.15, -0.1) is 0 Å². The Bertz CT molecular complexity index is 299. The molecule has 0 fully saturated rings. The summed E-state index contributed by atoms with van der Waals surface area (Å²) in [5.41, 5.74) is -0.154. The quantitative estimate of drug-likeness (QED) is 0.526. The summed E-state index contributed by atoms with van der Waals surface area (Å²) in [6.45, 7) is 0. The number of benzene rings is 1. The Morgan fingerprint density at radius 2 is 2.00 bits per heavy atom. The highest BCUT2D eigenvalue weighted by atomic mass is 79.9. The average Bonchev–Trinajstić information content (AvgIpc) is 2.01. The van der Waals surface area contributed by atoms with Crippen LogP contribution in [0.25, 0.3) is 0 Å². The standard InChI is InChI=1S/C7H3BrF2O/c8-6-5(9)2-1-4(3-11)7(6)10/h1-3H. The summed E-state index contributed by atoms with van der Waals surface area (Å²) in [7, 11) is 0. The van der Waals surface area contributed by atoms with Crippen LogP contribution < -0.4 is 0 Å². The first-order chi connectivity index (χ1) is 5.16. The zero-order chi connectivity index (χ0) is 8.43. The molecule has 1 aromatic rings. The Morgan fingerprint density at radius 3 is 2.55 bits per heavy atom. The Hall–Kier alpha value is -0.770. The molecular weight excluding hydrogens is 218 g/mol. The van der Waals surface area contributed by atoms with Gasteiger partial charge in [-0.05, 0) is 28.1 Å². The van der Waals surface area contributed by atoms with E-state index >= 15 is 0 Å². The van der Waals surface area contributed by atoms with E-state index in [1.807, 2.05) is 0 Å². The van der Waals surface area contributed by atoms with Gasteiger partial charge in [-0.25, -0.2) is 8.78 Å². The van der Waals surface area contributed by atoms with E-state index < -0.39 is 11.6 Å². The summed E-state index contributed by atoms with van der Waals surface area (Å²) in [5.74, 6) is -1.58. The van der Waals surface area contributed by atoms with Gasteiger partial charge in [0.2, 0.25) is 0 Å². The van der Waals surface area contributed by atoms with Gasteiger partial charge in [0.25, 0.3) is 0 Å².